The van der Waals surface area contributed by atoms with E-state index in [2.05, 4.69) is 13.8 Å². The van der Waals surface area contributed by atoms with Gasteiger partial charge >= 0.3 is 0 Å². The molecule has 0 aromatic rings. The molecule has 0 amide bonds. The fourth-order valence-electron chi connectivity index (χ4n) is 7.23. The first-order valence-corrected chi connectivity index (χ1v) is 10.2. The highest BCUT2D eigenvalue weighted by Crippen LogP contribution is 2.67. The van der Waals surface area contributed by atoms with Crippen LogP contribution in [0.4, 0.5) is 0 Å². The molecule has 4 aliphatic carbocycles. The highest BCUT2D eigenvalue weighted by molar-refractivity contribution is 6.32. The van der Waals surface area contributed by atoms with Crippen LogP contribution in [0.1, 0.15) is 78.1 Å². The lowest BCUT2D eigenvalue weighted by molar-refractivity contribution is -0.105. The van der Waals surface area contributed by atoms with Crippen molar-refractivity contribution >= 4 is 17.9 Å². The Morgan fingerprint density at radius 3 is 2.61 bits per heavy atom. The van der Waals surface area contributed by atoms with Gasteiger partial charge in [-0.15, -0.1) is 0 Å². The predicted molar refractivity (Wildman–Crippen MR) is 95.3 cm³/mol. The number of fused-ring (bicyclic) bond motifs is 5. The van der Waals surface area contributed by atoms with Crippen LogP contribution in [0.2, 0.25) is 0 Å². The molecular weight excluding hydrogens is 304 g/mol. The van der Waals surface area contributed by atoms with Gasteiger partial charge in [0.1, 0.15) is 6.29 Å². The molecule has 0 aromatic heterocycles. The summed E-state index contributed by atoms with van der Waals surface area (Å²) >= 11 is 6.67. The van der Waals surface area contributed by atoms with Crippen LogP contribution in [0, 0.1) is 34.5 Å². The van der Waals surface area contributed by atoms with Crippen molar-refractivity contribution in [1.29, 1.82) is 0 Å². The van der Waals surface area contributed by atoms with E-state index < -0.39 is 0 Å². The molecule has 3 saturated carbocycles. The molecule has 4 aliphatic rings. The Morgan fingerprint density at radius 2 is 1.83 bits per heavy atom. The van der Waals surface area contributed by atoms with Crippen molar-refractivity contribution in [3.05, 3.63) is 10.6 Å². The highest BCUT2D eigenvalue weighted by Gasteiger charge is 2.58. The Hall–Kier alpha value is -0.300. The quantitative estimate of drug-likeness (QED) is 0.528. The summed E-state index contributed by atoms with van der Waals surface area (Å²) in [6.07, 6.45) is 14.5. The van der Waals surface area contributed by atoms with Crippen LogP contribution in [-0.2, 0) is 4.79 Å². The second kappa shape index (κ2) is 5.61. The maximum absolute atomic E-state index is 11.5. The zero-order valence-electron chi connectivity index (χ0n) is 14.7. The molecule has 0 heterocycles. The van der Waals surface area contributed by atoms with Crippen molar-refractivity contribution in [1.82, 2.24) is 0 Å². The topological polar surface area (TPSA) is 17.1 Å². The van der Waals surface area contributed by atoms with Gasteiger partial charge in [0.2, 0.25) is 0 Å². The summed E-state index contributed by atoms with van der Waals surface area (Å²) in [4.78, 5) is 11.5. The third-order valence-corrected chi connectivity index (χ3v) is 9.26. The summed E-state index contributed by atoms with van der Waals surface area (Å²) in [6.45, 7) is 4.96. The van der Waals surface area contributed by atoms with E-state index in [1.54, 1.807) is 0 Å². The van der Waals surface area contributed by atoms with Gasteiger partial charge < -0.3 is 0 Å². The van der Waals surface area contributed by atoms with E-state index >= 15 is 0 Å². The minimum absolute atomic E-state index is 0.0902. The lowest BCUT2D eigenvalue weighted by Crippen LogP contribution is -2.51. The van der Waals surface area contributed by atoms with Crippen molar-refractivity contribution in [2.45, 2.75) is 78.1 Å². The molecule has 0 spiro atoms. The van der Waals surface area contributed by atoms with E-state index in [1.807, 2.05) is 0 Å². The van der Waals surface area contributed by atoms with Gasteiger partial charge in [-0.05, 0) is 74.0 Å². The zero-order valence-corrected chi connectivity index (χ0v) is 15.5. The van der Waals surface area contributed by atoms with Crippen LogP contribution in [0.3, 0.4) is 0 Å². The Balaban J connectivity index is 1.66. The smallest absolute Gasteiger partial charge is 0.147 e. The number of carbonyl (C=O) groups is 1. The molecular formula is C21H31ClO. The second-order valence-electron chi connectivity index (χ2n) is 9.37. The molecule has 128 valence electrons. The molecule has 0 aromatic carbocycles. The highest BCUT2D eigenvalue weighted by atomic mass is 35.5. The monoisotopic (exact) mass is 334 g/mol. The van der Waals surface area contributed by atoms with E-state index in [0.717, 1.165) is 41.1 Å². The number of hydrogen-bond donors (Lipinski definition) is 0. The number of carbonyl (C=O) groups excluding carboxylic acids is 1. The third-order valence-electron chi connectivity index (χ3n) is 8.59. The molecule has 23 heavy (non-hydrogen) atoms. The first kappa shape index (κ1) is 16.2. The van der Waals surface area contributed by atoms with Gasteiger partial charge in [0.25, 0.3) is 0 Å². The van der Waals surface area contributed by atoms with Crippen molar-refractivity contribution in [3.63, 3.8) is 0 Å². The van der Waals surface area contributed by atoms with E-state index in [-0.39, 0.29) is 5.41 Å². The molecule has 0 bridgehead atoms. The lowest BCUT2D eigenvalue weighted by atomic mass is 9.47. The predicted octanol–water partition coefficient (Wildman–Crippen LogP) is 6.11. The van der Waals surface area contributed by atoms with E-state index in [0.29, 0.717) is 11.3 Å². The summed E-state index contributed by atoms with van der Waals surface area (Å²) in [5.74, 6) is 3.23. The summed E-state index contributed by atoms with van der Waals surface area (Å²) in [5, 5.41) is 0.907. The first-order valence-electron chi connectivity index (χ1n) is 9.85. The zero-order chi connectivity index (χ0) is 16.2. The Labute approximate surface area is 146 Å². The van der Waals surface area contributed by atoms with Crippen LogP contribution in [0.15, 0.2) is 10.6 Å². The van der Waals surface area contributed by atoms with Crippen LogP contribution < -0.4 is 0 Å². The van der Waals surface area contributed by atoms with Gasteiger partial charge in [0, 0.05) is 16.0 Å². The molecule has 0 N–H and O–H groups in total. The van der Waals surface area contributed by atoms with Gasteiger partial charge in [-0.1, -0.05) is 44.7 Å². The van der Waals surface area contributed by atoms with E-state index in [1.165, 1.54) is 57.8 Å². The average molecular weight is 335 g/mol. The Kier molecular flexibility index (Phi) is 3.95. The molecule has 1 nitrogen and oxygen atoms in total. The molecule has 0 saturated heterocycles. The summed E-state index contributed by atoms with van der Waals surface area (Å²) in [6, 6.07) is 0. The third kappa shape index (κ3) is 2.21. The number of allylic oxidation sites excluding steroid dienone is 2. The largest absolute Gasteiger partial charge is 0.298 e. The summed E-state index contributed by atoms with van der Waals surface area (Å²) in [5.41, 5.74) is 1.55. The van der Waals surface area contributed by atoms with Crippen molar-refractivity contribution in [2.24, 2.45) is 34.5 Å². The number of hydrogen-bond acceptors (Lipinski definition) is 1. The van der Waals surface area contributed by atoms with Crippen molar-refractivity contribution in [2.75, 3.05) is 0 Å². The van der Waals surface area contributed by atoms with Gasteiger partial charge in [-0.2, -0.15) is 0 Å². The molecule has 3 fully saturated rings. The SMILES string of the molecule is C[C@]12CCCCC[C@@H]1CC[C@@H]1[C@@H]2CC[C@]2(C)C(Cl)=C(C=O)C[C@@H]12. The first-order chi connectivity index (χ1) is 11.0. The van der Waals surface area contributed by atoms with Crippen molar-refractivity contribution in [3.8, 4) is 0 Å². The molecule has 0 aliphatic heterocycles. The fraction of sp³-hybridized carbons (Fsp3) is 0.857. The van der Waals surface area contributed by atoms with Crippen molar-refractivity contribution < 1.29 is 4.79 Å². The van der Waals surface area contributed by atoms with Gasteiger partial charge in [0.15, 0.2) is 0 Å². The summed E-state index contributed by atoms with van der Waals surface area (Å²) in [7, 11) is 0. The standard InChI is InChI=1S/C21H31ClO/c1-20-10-5-3-4-6-15(20)7-8-16-17(20)9-11-21(2)18(16)12-14(13-23)19(21)22/h13,15-18H,3-12H2,1-2H3/t15-,16-,17+,18+,20+,21+/m1/s1. The Bertz CT molecular complexity index is 538. The van der Waals surface area contributed by atoms with Crippen LogP contribution in [-0.4, -0.2) is 6.29 Å². The van der Waals surface area contributed by atoms with Crippen LogP contribution in [0.5, 0.6) is 0 Å². The Morgan fingerprint density at radius 1 is 1.00 bits per heavy atom. The minimum Gasteiger partial charge on any atom is -0.298 e. The number of halogens is 1. The fourth-order valence-corrected chi connectivity index (χ4v) is 7.59. The number of rotatable bonds is 1. The normalized spacial score (nSPS) is 49.9. The van der Waals surface area contributed by atoms with E-state index in [4.69, 9.17) is 11.6 Å². The molecule has 2 heteroatoms. The number of aldehydes is 1. The van der Waals surface area contributed by atoms with Gasteiger partial charge in [0.05, 0.1) is 0 Å². The van der Waals surface area contributed by atoms with Crippen LogP contribution >= 0.6 is 11.6 Å². The second-order valence-corrected chi connectivity index (χ2v) is 9.75. The van der Waals surface area contributed by atoms with E-state index in [9.17, 15) is 4.79 Å². The van der Waals surface area contributed by atoms with Gasteiger partial charge in [-0.25, -0.2) is 0 Å². The lowest BCUT2D eigenvalue weighted by Gasteiger charge is -2.58. The molecule has 0 radical (unpaired) electrons. The molecule has 4 rings (SSSR count). The molecule has 0 unspecified atom stereocenters. The summed E-state index contributed by atoms with van der Waals surface area (Å²) < 4.78 is 0. The van der Waals surface area contributed by atoms with Crippen LogP contribution in [0.25, 0.3) is 0 Å². The van der Waals surface area contributed by atoms with Gasteiger partial charge in [-0.3, -0.25) is 4.79 Å². The maximum atomic E-state index is 11.5. The minimum atomic E-state index is 0.0902. The molecule has 6 atom stereocenters. The maximum Gasteiger partial charge on any atom is 0.147 e. The average Bonchev–Trinajstić information content (AvgIpc) is 2.69.